The van der Waals surface area contributed by atoms with Crippen LogP contribution in [0.25, 0.3) is 0 Å². The molecule has 0 amide bonds. The number of fused-ring (bicyclic) bond motifs is 1. The van der Waals surface area contributed by atoms with Gasteiger partial charge in [0.05, 0.1) is 10.6 Å². The number of ether oxygens (including phenoxy) is 1. The molecule has 7 nitrogen and oxygen atoms in total. The fourth-order valence-corrected chi connectivity index (χ4v) is 5.75. The molecule has 0 aromatic heterocycles. The number of thioether (sulfide) groups is 1. The number of carboxylic acids is 1. The largest absolute Gasteiger partial charge is 0.476 e. The molecule has 33 heavy (non-hydrogen) atoms. The van der Waals surface area contributed by atoms with Gasteiger partial charge in [0.2, 0.25) is 5.83 Å². The van der Waals surface area contributed by atoms with Crippen molar-refractivity contribution >= 4 is 39.9 Å². The zero-order valence-corrected chi connectivity index (χ0v) is 20.0. The fourth-order valence-electron chi connectivity index (χ4n) is 3.60. The van der Waals surface area contributed by atoms with Crippen molar-refractivity contribution in [3.63, 3.8) is 0 Å². The van der Waals surface area contributed by atoms with Crippen molar-refractivity contribution in [2.45, 2.75) is 28.7 Å². The topological polar surface area (TPSA) is 93.5 Å². The minimum Gasteiger partial charge on any atom is -0.476 e. The summed E-state index contributed by atoms with van der Waals surface area (Å²) < 4.78 is 43.1. The molecule has 0 bridgehead atoms. The van der Waals surface area contributed by atoms with Gasteiger partial charge < -0.3 is 14.7 Å². The second-order valence-corrected chi connectivity index (χ2v) is 10.3. The number of carboxylic acid groups (broad SMARTS) is 1. The summed E-state index contributed by atoms with van der Waals surface area (Å²) in [6, 6.07) is 12.6. The molecule has 0 fully saturated rings. The predicted molar refractivity (Wildman–Crippen MR) is 131 cm³/mol. The zero-order valence-electron chi connectivity index (χ0n) is 18.3. The zero-order chi connectivity index (χ0) is 24.2. The first-order valence-electron chi connectivity index (χ1n) is 10.1. The number of hydrogen-bond acceptors (Lipinski definition) is 7. The molecule has 3 N–H and O–H groups in total. The number of halogens is 1. The Morgan fingerprint density at radius 1 is 1.33 bits per heavy atom. The summed E-state index contributed by atoms with van der Waals surface area (Å²) in [7, 11) is -1.78. The molecule has 2 aromatic carbocycles. The van der Waals surface area contributed by atoms with Crippen LogP contribution in [-0.4, -0.2) is 50.4 Å². The molecule has 0 spiro atoms. The van der Waals surface area contributed by atoms with Gasteiger partial charge in [0.1, 0.15) is 16.9 Å². The van der Waals surface area contributed by atoms with Crippen LogP contribution in [0.1, 0.15) is 12.8 Å². The molecule has 3 rings (SSSR count). The van der Waals surface area contributed by atoms with Gasteiger partial charge >= 0.3 is 5.97 Å². The van der Waals surface area contributed by atoms with E-state index in [0.29, 0.717) is 36.2 Å². The third-order valence-electron chi connectivity index (χ3n) is 5.41. The van der Waals surface area contributed by atoms with Crippen LogP contribution in [0.5, 0.6) is 5.75 Å². The van der Waals surface area contributed by atoms with Gasteiger partial charge in [-0.1, -0.05) is 24.3 Å². The lowest BCUT2D eigenvalue weighted by Crippen LogP contribution is -2.39. The molecule has 0 saturated carbocycles. The maximum absolute atomic E-state index is 13.5. The highest BCUT2D eigenvalue weighted by Gasteiger charge is 2.37. The third kappa shape index (κ3) is 5.36. The van der Waals surface area contributed by atoms with Crippen molar-refractivity contribution in [2.24, 2.45) is 0 Å². The van der Waals surface area contributed by atoms with Gasteiger partial charge in [-0.15, -0.1) is 29.1 Å². The van der Waals surface area contributed by atoms with E-state index >= 15 is 0 Å². The van der Waals surface area contributed by atoms with Crippen molar-refractivity contribution in [1.29, 1.82) is 0 Å². The van der Waals surface area contributed by atoms with Crippen LogP contribution in [0.2, 0.25) is 0 Å². The monoisotopic (exact) mass is 494 g/mol. The average molecular weight is 495 g/mol. The molecule has 1 aliphatic heterocycles. The summed E-state index contributed by atoms with van der Waals surface area (Å²) >= 11 is 1.32. The maximum Gasteiger partial charge on any atom is 0.368 e. The second kappa shape index (κ2) is 10.6. The van der Waals surface area contributed by atoms with E-state index in [4.69, 9.17) is 9.84 Å². The Labute approximate surface area is 198 Å². The Morgan fingerprint density at radius 3 is 2.64 bits per heavy atom. The quantitative estimate of drug-likeness (QED) is 0.175. The van der Waals surface area contributed by atoms with Crippen molar-refractivity contribution < 1.29 is 28.1 Å². The number of anilines is 2. The Kier molecular flexibility index (Phi) is 8.09. The normalized spacial score (nSPS) is 19.4. The SMILES string of the molecule is C=CCCC1CN(c2ccccc2)c2cc(SC)c(OC=C(F)C(=O)O)cc2S(O)(O)N1C. The van der Waals surface area contributed by atoms with Gasteiger partial charge in [0.15, 0.2) is 0 Å². The average Bonchev–Trinajstić information content (AvgIpc) is 2.89. The van der Waals surface area contributed by atoms with E-state index < -0.39 is 22.6 Å². The highest BCUT2D eigenvalue weighted by atomic mass is 32.3. The number of benzene rings is 2. The molecular weight excluding hydrogens is 467 g/mol. The first-order chi connectivity index (χ1) is 15.7. The molecule has 0 radical (unpaired) electrons. The molecule has 0 aliphatic carbocycles. The lowest BCUT2D eigenvalue weighted by atomic mass is 10.1. The van der Waals surface area contributed by atoms with E-state index in [0.717, 1.165) is 5.69 Å². The van der Waals surface area contributed by atoms with Gasteiger partial charge in [-0.2, -0.15) is 4.39 Å². The van der Waals surface area contributed by atoms with Crippen molar-refractivity contribution in [3.05, 3.63) is 67.2 Å². The molecule has 1 unspecified atom stereocenters. The van der Waals surface area contributed by atoms with Gasteiger partial charge in [-0.25, -0.2) is 9.10 Å². The van der Waals surface area contributed by atoms with Crippen LogP contribution >= 0.6 is 22.5 Å². The van der Waals surface area contributed by atoms with Gasteiger partial charge in [-0.05, 0) is 37.3 Å². The number of nitrogens with zero attached hydrogens (tertiary/aromatic N) is 2. The van der Waals surface area contributed by atoms with E-state index in [1.54, 1.807) is 29.8 Å². The van der Waals surface area contributed by atoms with Crippen molar-refractivity contribution in [1.82, 2.24) is 4.31 Å². The first-order valence-corrected chi connectivity index (χ1v) is 12.9. The smallest absolute Gasteiger partial charge is 0.368 e. The summed E-state index contributed by atoms with van der Waals surface area (Å²) in [5, 5.41) is 8.77. The van der Waals surface area contributed by atoms with E-state index in [1.165, 1.54) is 17.8 Å². The minimum absolute atomic E-state index is 0.128. The molecule has 10 heteroatoms. The third-order valence-corrected chi connectivity index (χ3v) is 8.18. The number of hydrogen-bond donors (Lipinski definition) is 3. The first kappa shape index (κ1) is 25.1. The van der Waals surface area contributed by atoms with Crippen molar-refractivity contribution in [2.75, 3.05) is 24.7 Å². The summed E-state index contributed by atoms with van der Waals surface area (Å²) in [5.74, 6) is -3.08. The van der Waals surface area contributed by atoms with Crippen LogP contribution in [0, 0.1) is 0 Å². The number of allylic oxidation sites excluding steroid dienone is 1. The molecule has 1 heterocycles. The van der Waals surface area contributed by atoms with Crippen molar-refractivity contribution in [3.8, 4) is 5.75 Å². The summed E-state index contributed by atoms with van der Waals surface area (Å²) in [5.41, 5.74) is 1.47. The van der Waals surface area contributed by atoms with E-state index in [2.05, 4.69) is 6.58 Å². The molecule has 2 aromatic rings. The fraction of sp³-hybridized carbons (Fsp3) is 0.261. The number of rotatable bonds is 8. The van der Waals surface area contributed by atoms with Crippen LogP contribution in [0.4, 0.5) is 15.8 Å². The molecular formula is C23H27FN2O5S2. The van der Waals surface area contributed by atoms with Gasteiger partial charge in [0.25, 0.3) is 0 Å². The van der Waals surface area contributed by atoms with E-state index in [1.807, 2.05) is 35.2 Å². The van der Waals surface area contributed by atoms with Crippen LogP contribution in [0.3, 0.4) is 0 Å². The number of para-hydroxylation sites is 1. The summed E-state index contributed by atoms with van der Waals surface area (Å²) in [6.45, 7) is 4.28. The predicted octanol–water partition coefficient (Wildman–Crippen LogP) is 6.13. The van der Waals surface area contributed by atoms with Crippen LogP contribution < -0.4 is 9.64 Å². The molecule has 0 saturated heterocycles. The maximum atomic E-state index is 13.5. The number of likely N-dealkylation sites (N-methyl/N-ethyl adjacent to an activating group) is 1. The lowest BCUT2D eigenvalue weighted by molar-refractivity contribution is -0.134. The van der Waals surface area contributed by atoms with E-state index in [-0.39, 0.29) is 16.7 Å². The lowest BCUT2D eigenvalue weighted by Gasteiger charge is -2.43. The van der Waals surface area contributed by atoms with E-state index in [9.17, 15) is 18.3 Å². The summed E-state index contributed by atoms with van der Waals surface area (Å²) in [6.07, 6.45) is 5.46. The molecule has 178 valence electrons. The minimum atomic E-state index is -3.44. The Morgan fingerprint density at radius 2 is 2.03 bits per heavy atom. The molecule has 1 atom stereocenters. The standard InChI is InChI=1S/C23H27FN2O5S2/c1-4-5-9-17-14-26(16-10-7-6-8-11-16)19-12-21(32-3)20(31-15-18(24)23(27)28)13-22(19)33(29,30)25(17)2/h4,6-8,10-13,15,17,29-30H,1,5,9,14H2,2-3H3,(H,27,28). The highest BCUT2D eigenvalue weighted by Crippen LogP contribution is 2.60. The highest BCUT2D eigenvalue weighted by molar-refractivity contribution is 8.22. The Hall–Kier alpha value is -2.50. The van der Waals surface area contributed by atoms with Crippen LogP contribution in [-0.2, 0) is 4.79 Å². The molecule has 1 aliphatic rings. The van der Waals surface area contributed by atoms with Gasteiger partial charge in [0, 0.05) is 31.4 Å². The second-order valence-electron chi connectivity index (χ2n) is 7.39. The summed E-state index contributed by atoms with van der Waals surface area (Å²) in [4.78, 5) is 13.6. The Balaban J connectivity index is 2.20. The van der Waals surface area contributed by atoms with Gasteiger partial charge in [-0.3, -0.25) is 9.11 Å². The van der Waals surface area contributed by atoms with Crippen LogP contribution in [0.15, 0.2) is 77.0 Å². The number of carbonyl (C=O) groups is 1. The Bertz CT molecular complexity index is 1050. The number of aliphatic carboxylic acids is 1.